The van der Waals surface area contributed by atoms with Gasteiger partial charge in [-0.1, -0.05) is 12.1 Å². The third kappa shape index (κ3) is 4.09. The van der Waals surface area contributed by atoms with Gasteiger partial charge in [0.15, 0.2) is 6.79 Å². The minimum Gasteiger partial charge on any atom is -0.497 e. The van der Waals surface area contributed by atoms with Gasteiger partial charge >= 0.3 is 0 Å². The highest BCUT2D eigenvalue weighted by Gasteiger charge is 2.21. The number of rotatable bonds is 6. The van der Waals surface area contributed by atoms with Crippen molar-refractivity contribution < 1.29 is 23.9 Å². The van der Waals surface area contributed by atoms with E-state index >= 15 is 0 Å². The highest BCUT2D eigenvalue weighted by molar-refractivity contribution is 5.78. The van der Waals surface area contributed by atoms with Crippen molar-refractivity contribution in [1.82, 2.24) is 5.32 Å². The van der Waals surface area contributed by atoms with Crippen LogP contribution in [0, 0.1) is 10.1 Å². The molecule has 2 aromatic rings. The lowest BCUT2D eigenvalue weighted by atomic mass is 10.1. The van der Waals surface area contributed by atoms with E-state index in [9.17, 15) is 14.9 Å². The number of carbonyl (C=O) groups excluding carboxylic acids is 1. The van der Waals surface area contributed by atoms with Crippen LogP contribution in [0.15, 0.2) is 36.4 Å². The van der Waals surface area contributed by atoms with Crippen LogP contribution in [0.1, 0.15) is 16.7 Å². The monoisotopic (exact) mass is 358 g/mol. The number of nitro benzene ring substituents is 1. The lowest BCUT2D eigenvalue weighted by Gasteiger charge is -2.20. The van der Waals surface area contributed by atoms with Crippen molar-refractivity contribution in [3.63, 3.8) is 0 Å². The molecule has 0 saturated heterocycles. The minimum absolute atomic E-state index is 0.0581. The Hall–Kier alpha value is -3.13. The number of methoxy groups -OCH3 is 1. The number of fused-ring (bicyclic) bond motifs is 1. The maximum Gasteiger partial charge on any atom is 0.270 e. The SMILES string of the molecule is COc1ccc(CC(=O)NCc2cc([N+](=O)[O-])cc3c2OCOC3)cc1. The quantitative estimate of drug-likeness (QED) is 0.628. The van der Waals surface area contributed by atoms with Crippen LogP contribution in [0.5, 0.6) is 11.5 Å². The Bertz CT molecular complexity index is 819. The number of benzene rings is 2. The summed E-state index contributed by atoms with van der Waals surface area (Å²) in [7, 11) is 1.58. The summed E-state index contributed by atoms with van der Waals surface area (Å²) in [6.45, 7) is 0.459. The number of amides is 1. The van der Waals surface area contributed by atoms with Gasteiger partial charge in [-0.2, -0.15) is 0 Å². The van der Waals surface area contributed by atoms with Crippen molar-refractivity contribution in [1.29, 1.82) is 0 Å². The lowest BCUT2D eigenvalue weighted by molar-refractivity contribution is -0.385. The summed E-state index contributed by atoms with van der Waals surface area (Å²) in [4.78, 5) is 22.8. The summed E-state index contributed by atoms with van der Waals surface area (Å²) in [5.74, 6) is 1.06. The molecule has 1 heterocycles. The standard InChI is InChI=1S/C18H18N2O6/c1-24-16-4-2-12(3-5-16)6-17(21)19-9-13-7-15(20(22)23)8-14-10-25-11-26-18(13)14/h2-5,7-8H,6,9-11H2,1H3,(H,19,21). The summed E-state index contributed by atoms with van der Waals surface area (Å²) in [6.07, 6.45) is 0.199. The number of hydrogen-bond acceptors (Lipinski definition) is 6. The second-order valence-electron chi connectivity index (χ2n) is 5.76. The first-order valence-electron chi connectivity index (χ1n) is 7.97. The number of ether oxygens (including phenoxy) is 3. The van der Waals surface area contributed by atoms with Gasteiger partial charge in [0.25, 0.3) is 5.69 Å². The number of nitrogens with zero attached hydrogens (tertiary/aromatic N) is 1. The van der Waals surface area contributed by atoms with Crippen molar-refractivity contribution in [3.8, 4) is 11.5 Å². The molecule has 1 amide bonds. The van der Waals surface area contributed by atoms with Crippen molar-refractivity contribution in [3.05, 3.63) is 63.2 Å². The van der Waals surface area contributed by atoms with Crippen molar-refractivity contribution in [2.45, 2.75) is 19.6 Å². The molecule has 0 radical (unpaired) electrons. The molecule has 1 aliphatic heterocycles. The van der Waals surface area contributed by atoms with Gasteiger partial charge in [-0.3, -0.25) is 14.9 Å². The van der Waals surface area contributed by atoms with Gasteiger partial charge in [-0.05, 0) is 17.7 Å². The van der Waals surface area contributed by atoms with Crippen LogP contribution in [0.25, 0.3) is 0 Å². The summed E-state index contributed by atoms with van der Waals surface area (Å²) >= 11 is 0. The number of hydrogen-bond donors (Lipinski definition) is 1. The Kier molecular flexibility index (Phi) is 5.33. The van der Waals surface area contributed by atoms with Gasteiger partial charge in [0.05, 0.1) is 25.1 Å². The Labute approximate surface area is 149 Å². The Balaban J connectivity index is 1.69. The largest absolute Gasteiger partial charge is 0.497 e. The zero-order valence-electron chi connectivity index (χ0n) is 14.2. The molecule has 0 saturated carbocycles. The first kappa shape index (κ1) is 17.7. The van der Waals surface area contributed by atoms with E-state index in [0.29, 0.717) is 16.9 Å². The molecule has 0 aliphatic carbocycles. The van der Waals surface area contributed by atoms with Crippen LogP contribution in [-0.2, 0) is 29.1 Å². The summed E-state index contributed by atoms with van der Waals surface area (Å²) in [5, 5.41) is 13.9. The first-order chi connectivity index (χ1) is 12.6. The zero-order valence-corrected chi connectivity index (χ0v) is 14.2. The van der Waals surface area contributed by atoms with Crippen molar-refractivity contribution in [2.75, 3.05) is 13.9 Å². The summed E-state index contributed by atoms with van der Waals surface area (Å²) in [6, 6.07) is 10.0. The third-order valence-electron chi connectivity index (χ3n) is 3.98. The molecule has 0 atom stereocenters. The van der Waals surface area contributed by atoms with E-state index in [0.717, 1.165) is 11.3 Å². The zero-order chi connectivity index (χ0) is 18.5. The Morgan fingerprint density at radius 3 is 2.77 bits per heavy atom. The van der Waals surface area contributed by atoms with Gasteiger partial charge in [-0.25, -0.2) is 0 Å². The fraction of sp³-hybridized carbons (Fsp3) is 0.278. The van der Waals surface area contributed by atoms with Gasteiger partial charge in [0.1, 0.15) is 11.5 Å². The second-order valence-corrected chi connectivity index (χ2v) is 5.76. The molecule has 8 nitrogen and oxygen atoms in total. The van der Waals surface area contributed by atoms with Gasteiger partial charge < -0.3 is 19.5 Å². The molecular weight excluding hydrogens is 340 g/mol. The van der Waals surface area contributed by atoms with Crippen LogP contribution < -0.4 is 14.8 Å². The van der Waals surface area contributed by atoms with Crippen LogP contribution in [-0.4, -0.2) is 24.7 Å². The van der Waals surface area contributed by atoms with E-state index in [1.807, 2.05) is 12.1 Å². The van der Waals surface area contributed by atoms with E-state index in [-0.39, 0.29) is 38.0 Å². The van der Waals surface area contributed by atoms with Crippen LogP contribution in [0.2, 0.25) is 0 Å². The maximum absolute atomic E-state index is 12.2. The molecule has 3 rings (SSSR count). The Morgan fingerprint density at radius 1 is 1.31 bits per heavy atom. The van der Waals surface area contributed by atoms with E-state index < -0.39 is 4.92 Å². The van der Waals surface area contributed by atoms with Gasteiger partial charge in [0.2, 0.25) is 5.91 Å². The normalized spacial score (nSPS) is 12.7. The molecule has 0 unspecified atom stereocenters. The predicted octanol–water partition coefficient (Wildman–Crippen LogP) is 2.33. The third-order valence-corrected chi connectivity index (χ3v) is 3.98. The van der Waals surface area contributed by atoms with Crippen molar-refractivity contribution in [2.24, 2.45) is 0 Å². The molecule has 136 valence electrons. The number of non-ortho nitro benzene ring substituents is 1. The van der Waals surface area contributed by atoms with Crippen LogP contribution in [0.3, 0.4) is 0 Å². The molecular formula is C18H18N2O6. The minimum atomic E-state index is -0.475. The highest BCUT2D eigenvalue weighted by atomic mass is 16.7. The smallest absolute Gasteiger partial charge is 0.270 e. The summed E-state index contributed by atoms with van der Waals surface area (Å²) in [5.41, 5.74) is 1.94. The number of carbonyl (C=O) groups is 1. The van der Waals surface area contributed by atoms with Crippen molar-refractivity contribution >= 4 is 11.6 Å². The Morgan fingerprint density at radius 2 is 2.08 bits per heavy atom. The predicted molar refractivity (Wildman–Crippen MR) is 91.9 cm³/mol. The molecule has 26 heavy (non-hydrogen) atoms. The van der Waals surface area contributed by atoms with E-state index in [1.54, 1.807) is 19.2 Å². The average Bonchev–Trinajstić information content (AvgIpc) is 2.66. The van der Waals surface area contributed by atoms with E-state index in [4.69, 9.17) is 14.2 Å². The summed E-state index contributed by atoms with van der Waals surface area (Å²) < 4.78 is 15.7. The molecule has 8 heteroatoms. The van der Waals surface area contributed by atoms with Gasteiger partial charge in [0, 0.05) is 29.8 Å². The topological polar surface area (TPSA) is 99.9 Å². The second kappa shape index (κ2) is 7.83. The van der Waals surface area contributed by atoms with E-state index in [1.165, 1.54) is 12.1 Å². The molecule has 0 spiro atoms. The maximum atomic E-state index is 12.2. The molecule has 0 bridgehead atoms. The van der Waals surface area contributed by atoms with Crippen LogP contribution in [0.4, 0.5) is 5.69 Å². The average molecular weight is 358 g/mol. The molecule has 0 aromatic heterocycles. The number of nitro groups is 1. The highest BCUT2D eigenvalue weighted by Crippen LogP contribution is 2.32. The molecule has 1 aliphatic rings. The fourth-order valence-corrected chi connectivity index (χ4v) is 2.70. The van der Waals surface area contributed by atoms with Gasteiger partial charge in [-0.15, -0.1) is 0 Å². The molecule has 1 N–H and O–H groups in total. The first-order valence-corrected chi connectivity index (χ1v) is 7.97. The van der Waals surface area contributed by atoms with E-state index in [2.05, 4.69) is 5.32 Å². The molecule has 0 fully saturated rings. The molecule has 2 aromatic carbocycles. The lowest BCUT2D eigenvalue weighted by Crippen LogP contribution is -2.25. The fourth-order valence-electron chi connectivity index (χ4n) is 2.70. The number of nitrogens with one attached hydrogen (secondary N) is 1. The van der Waals surface area contributed by atoms with Crippen LogP contribution >= 0.6 is 0 Å².